The number of aryl methyl sites for hydroxylation is 1. The van der Waals surface area contributed by atoms with E-state index < -0.39 is 17.9 Å². The molecule has 0 saturated carbocycles. The van der Waals surface area contributed by atoms with Crippen LogP contribution in [0.4, 0.5) is 0 Å². The SMILES string of the molecule is Cn1cccc1C(=O)OCC(=O)N1CCCC[C@H]1C(N)=O. The molecule has 1 saturated heterocycles. The van der Waals surface area contributed by atoms with E-state index in [1.54, 1.807) is 29.9 Å². The van der Waals surface area contributed by atoms with Crippen LogP contribution in [0, 0.1) is 0 Å². The Balaban J connectivity index is 1.93. The Morgan fingerprint density at radius 1 is 1.38 bits per heavy atom. The zero-order valence-electron chi connectivity index (χ0n) is 11.9. The molecule has 0 spiro atoms. The van der Waals surface area contributed by atoms with Crippen molar-refractivity contribution in [1.82, 2.24) is 9.47 Å². The monoisotopic (exact) mass is 293 g/mol. The summed E-state index contributed by atoms with van der Waals surface area (Å²) < 4.78 is 6.62. The molecular formula is C14H19N3O4. The second kappa shape index (κ2) is 6.43. The lowest BCUT2D eigenvalue weighted by Crippen LogP contribution is -2.51. The standard InChI is InChI=1S/C14H19N3O4/c1-16-7-4-6-11(16)14(20)21-9-12(18)17-8-3-2-5-10(17)13(15)19/h4,6-7,10H,2-3,5,8-9H2,1H3,(H2,15,19)/t10-/m0/s1. The Bertz CT molecular complexity index is 552. The van der Waals surface area contributed by atoms with Crippen LogP contribution in [-0.4, -0.2) is 46.4 Å². The minimum absolute atomic E-state index is 0.368. The van der Waals surface area contributed by atoms with E-state index in [9.17, 15) is 14.4 Å². The number of piperidine rings is 1. The van der Waals surface area contributed by atoms with Gasteiger partial charge in [0.1, 0.15) is 11.7 Å². The van der Waals surface area contributed by atoms with Crippen LogP contribution in [-0.2, 0) is 21.4 Å². The van der Waals surface area contributed by atoms with E-state index in [0.717, 1.165) is 12.8 Å². The summed E-state index contributed by atoms with van der Waals surface area (Å²) in [6.07, 6.45) is 3.96. The molecule has 0 unspecified atom stereocenters. The lowest BCUT2D eigenvalue weighted by Gasteiger charge is -2.33. The van der Waals surface area contributed by atoms with Crippen molar-refractivity contribution in [3.63, 3.8) is 0 Å². The van der Waals surface area contributed by atoms with E-state index in [1.807, 2.05) is 0 Å². The van der Waals surface area contributed by atoms with E-state index in [1.165, 1.54) is 4.90 Å². The van der Waals surface area contributed by atoms with Gasteiger partial charge in [-0.25, -0.2) is 4.79 Å². The normalized spacial score (nSPS) is 18.3. The van der Waals surface area contributed by atoms with Crippen molar-refractivity contribution in [3.05, 3.63) is 24.0 Å². The Hall–Kier alpha value is -2.31. The summed E-state index contributed by atoms with van der Waals surface area (Å²) >= 11 is 0. The number of aromatic nitrogens is 1. The van der Waals surface area contributed by atoms with Crippen LogP contribution < -0.4 is 5.73 Å². The fourth-order valence-corrected chi connectivity index (χ4v) is 2.48. The molecule has 1 aromatic heterocycles. The van der Waals surface area contributed by atoms with Gasteiger partial charge in [0.2, 0.25) is 5.91 Å². The van der Waals surface area contributed by atoms with Gasteiger partial charge in [0.15, 0.2) is 6.61 Å². The van der Waals surface area contributed by atoms with Gasteiger partial charge < -0.3 is 19.9 Å². The van der Waals surface area contributed by atoms with Crippen molar-refractivity contribution in [2.45, 2.75) is 25.3 Å². The van der Waals surface area contributed by atoms with Crippen LogP contribution in [0.2, 0.25) is 0 Å². The van der Waals surface area contributed by atoms with Gasteiger partial charge in [0, 0.05) is 19.8 Å². The molecular weight excluding hydrogens is 274 g/mol. The minimum Gasteiger partial charge on any atom is -0.451 e. The van der Waals surface area contributed by atoms with E-state index >= 15 is 0 Å². The molecule has 0 bridgehead atoms. The van der Waals surface area contributed by atoms with Crippen LogP contribution in [0.25, 0.3) is 0 Å². The quantitative estimate of drug-likeness (QED) is 0.793. The lowest BCUT2D eigenvalue weighted by atomic mass is 10.0. The van der Waals surface area contributed by atoms with Crippen molar-refractivity contribution in [2.24, 2.45) is 12.8 Å². The van der Waals surface area contributed by atoms with Crippen molar-refractivity contribution >= 4 is 17.8 Å². The van der Waals surface area contributed by atoms with Crippen molar-refractivity contribution in [2.75, 3.05) is 13.2 Å². The van der Waals surface area contributed by atoms with E-state index in [-0.39, 0.29) is 12.5 Å². The Kier molecular flexibility index (Phi) is 4.62. The van der Waals surface area contributed by atoms with Gasteiger partial charge in [-0.15, -0.1) is 0 Å². The van der Waals surface area contributed by atoms with Crippen molar-refractivity contribution in [1.29, 1.82) is 0 Å². The van der Waals surface area contributed by atoms with Crippen LogP contribution in [0.5, 0.6) is 0 Å². The molecule has 1 aliphatic rings. The molecule has 1 atom stereocenters. The zero-order chi connectivity index (χ0) is 15.4. The Labute approximate surface area is 122 Å². The highest BCUT2D eigenvalue weighted by Gasteiger charge is 2.31. The number of esters is 1. The highest BCUT2D eigenvalue weighted by atomic mass is 16.5. The lowest BCUT2D eigenvalue weighted by molar-refractivity contribution is -0.143. The molecule has 2 amide bonds. The molecule has 0 aliphatic carbocycles. The summed E-state index contributed by atoms with van der Waals surface area (Å²) in [6, 6.07) is 2.73. The van der Waals surface area contributed by atoms with Gasteiger partial charge >= 0.3 is 5.97 Å². The van der Waals surface area contributed by atoms with Gasteiger partial charge in [-0.1, -0.05) is 0 Å². The van der Waals surface area contributed by atoms with E-state index in [4.69, 9.17) is 10.5 Å². The molecule has 114 valence electrons. The largest absolute Gasteiger partial charge is 0.451 e. The summed E-state index contributed by atoms with van der Waals surface area (Å²) in [6.45, 7) is 0.0853. The number of rotatable bonds is 4. The maximum absolute atomic E-state index is 12.1. The van der Waals surface area contributed by atoms with Gasteiger partial charge in [0.25, 0.3) is 5.91 Å². The maximum atomic E-state index is 12.1. The van der Waals surface area contributed by atoms with Gasteiger partial charge in [-0.2, -0.15) is 0 Å². The number of primary amides is 1. The molecule has 21 heavy (non-hydrogen) atoms. The van der Waals surface area contributed by atoms with Crippen molar-refractivity contribution in [3.8, 4) is 0 Å². The maximum Gasteiger partial charge on any atom is 0.355 e. The first-order valence-corrected chi connectivity index (χ1v) is 6.88. The first-order chi connectivity index (χ1) is 10.0. The highest BCUT2D eigenvalue weighted by Crippen LogP contribution is 2.17. The topological polar surface area (TPSA) is 94.6 Å². The molecule has 7 nitrogen and oxygen atoms in total. The second-order valence-electron chi connectivity index (χ2n) is 5.08. The predicted octanol–water partition coefficient (Wildman–Crippen LogP) is 0.0483. The smallest absolute Gasteiger partial charge is 0.355 e. The first-order valence-electron chi connectivity index (χ1n) is 6.88. The summed E-state index contributed by atoms with van der Waals surface area (Å²) in [5.74, 6) is -1.47. The molecule has 1 fully saturated rings. The van der Waals surface area contributed by atoms with Crippen LogP contribution in [0.3, 0.4) is 0 Å². The number of nitrogens with zero attached hydrogens (tertiary/aromatic N) is 2. The van der Waals surface area contributed by atoms with Crippen LogP contribution >= 0.6 is 0 Å². The van der Waals surface area contributed by atoms with Gasteiger partial charge in [0.05, 0.1) is 0 Å². The molecule has 1 aliphatic heterocycles. The summed E-state index contributed by atoms with van der Waals surface area (Å²) in [5.41, 5.74) is 5.67. The second-order valence-corrected chi connectivity index (χ2v) is 5.08. The average Bonchev–Trinajstić information content (AvgIpc) is 2.90. The summed E-state index contributed by atoms with van der Waals surface area (Å²) in [5, 5.41) is 0. The molecule has 0 radical (unpaired) electrons. The number of carbonyl (C=O) groups excluding carboxylic acids is 3. The van der Waals surface area contributed by atoms with Gasteiger partial charge in [-0.3, -0.25) is 9.59 Å². The fourth-order valence-electron chi connectivity index (χ4n) is 2.48. The number of nitrogens with two attached hydrogens (primary N) is 1. The summed E-state index contributed by atoms with van der Waals surface area (Å²) in [7, 11) is 1.71. The fraction of sp³-hybridized carbons (Fsp3) is 0.500. The average molecular weight is 293 g/mol. The summed E-state index contributed by atoms with van der Waals surface area (Å²) in [4.78, 5) is 36.7. The third-order valence-corrected chi connectivity index (χ3v) is 3.63. The number of amides is 2. The first kappa shape index (κ1) is 15.1. The number of hydrogen-bond donors (Lipinski definition) is 1. The molecule has 7 heteroatoms. The highest BCUT2D eigenvalue weighted by molar-refractivity contribution is 5.91. The number of carbonyl (C=O) groups is 3. The number of likely N-dealkylation sites (tertiary alicyclic amines) is 1. The van der Waals surface area contributed by atoms with Crippen molar-refractivity contribution < 1.29 is 19.1 Å². The predicted molar refractivity (Wildman–Crippen MR) is 74.2 cm³/mol. The van der Waals surface area contributed by atoms with Crippen LogP contribution in [0.1, 0.15) is 29.8 Å². The Morgan fingerprint density at radius 2 is 2.14 bits per heavy atom. The molecule has 2 heterocycles. The van der Waals surface area contributed by atoms with E-state index in [0.29, 0.717) is 18.7 Å². The third-order valence-electron chi connectivity index (χ3n) is 3.63. The number of ether oxygens (including phenoxy) is 1. The molecule has 2 rings (SSSR count). The molecule has 1 aromatic rings. The molecule has 0 aromatic carbocycles. The minimum atomic E-state index is -0.597. The van der Waals surface area contributed by atoms with E-state index in [2.05, 4.69) is 0 Å². The van der Waals surface area contributed by atoms with Crippen LogP contribution in [0.15, 0.2) is 18.3 Å². The third kappa shape index (κ3) is 3.42. The number of hydrogen-bond acceptors (Lipinski definition) is 4. The Morgan fingerprint density at radius 3 is 2.76 bits per heavy atom. The molecule has 2 N–H and O–H groups in total. The zero-order valence-corrected chi connectivity index (χ0v) is 11.9. The van der Waals surface area contributed by atoms with Gasteiger partial charge in [-0.05, 0) is 31.4 Å².